The molecule has 0 bridgehead atoms. The molecule has 1 aliphatic heterocycles. The van der Waals surface area contributed by atoms with E-state index in [1.165, 1.54) is 27.8 Å². The lowest BCUT2D eigenvalue weighted by molar-refractivity contribution is -0.124. The highest BCUT2D eigenvalue weighted by molar-refractivity contribution is 6.30. The first kappa shape index (κ1) is 25.0. The van der Waals surface area contributed by atoms with Crippen LogP contribution in [0.25, 0.3) is 10.9 Å². The smallest absolute Gasteiger partial charge is 0.323 e. The van der Waals surface area contributed by atoms with E-state index < -0.39 is 29.8 Å². The first-order valence-electron chi connectivity index (χ1n) is 11.1. The minimum Gasteiger partial charge on any atom is -0.358 e. The van der Waals surface area contributed by atoms with E-state index in [0.29, 0.717) is 29.4 Å². The van der Waals surface area contributed by atoms with Crippen LogP contribution in [-0.2, 0) is 16.1 Å². The molecule has 10 nitrogen and oxygen atoms in total. The molecule has 1 aromatic heterocycles. The van der Waals surface area contributed by atoms with Crippen LogP contribution in [0.4, 0.5) is 19.7 Å². The normalized spacial score (nSPS) is 17.1. The lowest BCUT2D eigenvalue weighted by Crippen LogP contribution is -2.47. The van der Waals surface area contributed by atoms with Gasteiger partial charge in [-0.3, -0.25) is 14.2 Å². The lowest BCUT2D eigenvalue weighted by atomic mass is 10.1. The van der Waals surface area contributed by atoms with Gasteiger partial charge in [-0.2, -0.15) is 0 Å². The topological polar surface area (TPSA) is 139 Å². The predicted molar refractivity (Wildman–Crippen MR) is 132 cm³/mol. The number of urea groups is 1. The van der Waals surface area contributed by atoms with E-state index in [1.54, 1.807) is 30.3 Å². The number of hydrogen-bond donors (Lipinski definition) is 4. The molecule has 2 atom stereocenters. The molecule has 4 rings (SSSR count). The number of likely N-dealkylation sites (tertiary alicyclic amines) is 1. The van der Waals surface area contributed by atoms with Crippen LogP contribution < -0.4 is 21.7 Å². The molecule has 188 valence electrons. The quantitative estimate of drug-likeness (QED) is 0.360. The highest BCUT2D eigenvalue weighted by Crippen LogP contribution is 2.29. The van der Waals surface area contributed by atoms with Crippen LogP contribution in [0.1, 0.15) is 12.0 Å². The standard InChI is InChI=1S/C24H24ClFN6O4/c25-17-6-3-4-15(21(17)26)10-29-22(34)20-8-14(9-28-13-33)11-32(20)24(36)30-18-12-31(23(27)35)19-7-2-1-5-16(18)19/h1-7,12-14,20H,8-11H2,(H2,27,35)(H,28,33)(H,29,34)(H,30,36)/t14-,20+/m1/s1. The maximum absolute atomic E-state index is 14.2. The number of carbonyl (C=O) groups is 4. The minimum atomic E-state index is -0.866. The second kappa shape index (κ2) is 10.6. The van der Waals surface area contributed by atoms with Crippen molar-refractivity contribution < 1.29 is 23.6 Å². The van der Waals surface area contributed by atoms with Gasteiger partial charge in [-0.25, -0.2) is 14.0 Å². The van der Waals surface area contributed by atoms with Crippen molar-refractivity contribution in [3.05, 3.63) is 65.1 Å². The number of primary amides is 1. The zero-order chi connectivity index (χ0) is 25.8. The largest absolute Gasteiger partial charge is 0.358 e. The van der Waals surface area contributed by atoms with Crippen molar-refractivity contribution in [3.63, 3.8) is 0 Å². The Labute approximate surface area is 210 Å². The molecule has 2 aromatic carbocycles. The van der Waals surface area contributed by atoms with E-state index in [-0.39, 0.29) is 36.1 Å². The number of amides is 5. The molecule has 3 aromatic rings. The molecule has 2 heterocycles. The number of fused-ring (bicyclic) bond motifs is 1. The summed E-state index contributed by atoms with van der Waals surface area (Å²) >= 11 is 5.81. The predicted octanol–water partition coefficient (Wildman–Crippen LogP) is 2.65. The number of aromatic nitrogens is 1. The van der Waals surface area contributed by atoms with E-state index in [4.69, 9.17) is 17.3 Å². The maximum Gasteiger partial charge on any atom is 0.323 e. The van der Waals surface area contributed by atoms with Crippen LogP contribution >= 0.6 is 11.6 Å². The van der Waals surface area contributed by atoms with Crippen molar-refractivity contribution in [2.75, 3.05) is 18.4 Å². The number of anilines is 1. The number of nitrogens with two attached hydrogens (primary N) is 1. The first-order chi connectivity index (χ1) is 17.3. The first-order valence-corrected chi connectivity index (χ1v) is 11.5. The Hall–Kier alpha value is -4.12. The zero-order valence-corrected chi connectivity index (χ0v) is 19.8. The lowest BCUT2D eigenvalue weighted by Gasteiger charge is -2.24. The Kier molecular flexibility index (Phi) is 7.39. The third-order valence-corrected chi connectivity index (χ3v) is 6.41. The van der Waals surface area contributed by atoms with Gasteiger partial charge in [-0.15, -0.1) is 0 Å². The zero-order valence-electron chi connectivity index (χ0n) is 19.0. The van der Waals surface area contributed by atoms with Crippen molar-refractivity contribution in [2.24, 2.45) is 11.7 Å². The molecule has 0 spiro atoms. The average molecular weight is 515 g/mol. The summed E-state index contributed by atoms with van der Waals surface area (Å²) in [5, 5.41) is 8.56. The fraction of sp³-hybridized carbons (Fsp3) is 0.250. The second-order valence-corrected chi connectivity index (χ2v) is 8.83. The van der Waals surface area contributed by atoms with Gasteiger partial charge in [0.05, 0.1) is 16.2 Å². The molecule has 0 unspecified atom stereocenters. The number of rotatable bonds is 7. The molecule has 1 aliphatic rings. The van der Waals surface area contributed by atoms with E-state index in [2.05, 4.69) is 16.0 Å². The number of carbonyl (C=O) groups excluding carboxylic acids is 4. The molecule has 36 heavy (non-hydrogen) atoms. The van der Waals surface area contributed by atoms with Crippen LogP contribution in [0.15, 0.2) is 48.7 Å². The molecule has 1 saturated heterocycles. The van der Waals surface area contributed by atoms with Crippen molar-refractivity contribution >= 4 is 52.6 Å². The number of benzene rings is 2. The van der Waals surface area contributed by atoms with Gasteiger partial charge in [-0.1, -0.05) is 41.9 Å². The van der Waals surface area contributed by atoms with Crippen LogP contribution in [0, 0.1) is 11.7 Å². The summed E-state index contributed by atoms with van der Waals surface area (Å²) in [7, 11) is 0. The van der Waals surface area contributed by atoms with Gasteiger partial charge in [0, 0.05) is 36.8 Å². The Morgan fingerprint density at radius 1 is 1.17 bits per heavy atom. The highest BCUT2D eigenvalue weighted by atomic mass is 35.5. The second-order valence-electron chi connectivity index (χ2n) is 8.43. The van der Waals surface area contributed by atoms with E-state index in [9.17, 15) is 23.6 Å². The molecular weight excluding hydrogens is 491 g/mol. The van der Waals surface area contributed by atoms with Gasteiger partial charge >= 0.3 is 12.1 Å². The van der Waals surface area contributed by atoms with Gasteiger partial charge in [0.2, 0.25) is 12.3 Å². The molecule has 5 N–H and O–H groups in total. The molecular formula is C24H24ClFN6O4. The third-order valence-electron chi connectivity index (χ3n) is 6.12. The Morgan fingerprint density at radius 2 is 1.94 bits per heavy atom. The van der Waals surface area contributed by atoms with E-state index in [0.717, 1.165) is 0 Å². The highest BCUT2D eigenvalue weighted by Gasteiger charge is 2.39. The summed E-state index contributed by atoms with van der Waals surface area (Å²) in [6, 6.07) is 9.27. The van der Waals surface area contributed by atoms with Gasteiger partial charge in [0.1, 0.15) is 11.9 Å². The Morgan fingerprint density at radius 3 is 2.69 bits per heavy atom. The molecule has 12 heteroatoms. The van der Waals surface area contributed by atoms with Gasteiger partial charge in [0.15, 0.2) is 0 Å². The van der Waals surface area contributed by atoms with Crippen LogP contribution in [0.3, 0.4) is 0 Å². The summed E-state index contributed by atoms with van der Waals surface area (Å²) in [6.45, 7) is 0.367. The van der Waals surface area contributed by atoms with Crippen molar-refractivity contribution in [1.82, 2.24) is 20.1 Å². The fourth-order valence-corrected chi connectivity index (χ4v) is 4.59. The van der Waals surface area contributed by atoms with Gasteiger partial charge in [-0.05, 0) is 24.5 Å². The molecule has 1 fully saturated rings. The summed E-state index contributed by atoms with van der Waals surface area (Å²) in [5.41, 5.74) is 6.53. The van der Waals surface area contributed by atoms with Crippen molar-refractivity contribution in [2.45, 2.75) is 19.0 Å². The third kappa shape index (κ3) is 5.10. The molecule has 0 aliphatic carbocycles. The minimum absolute atomic E-state index is 0.0567. The van der Waals surface area contributed by atoms with E-state index >= 15 is 0 Å². The number of nitrogens with one attached hydrogen (secondary N) is 3. The fourth-order valence-electron chi connectivity index (χ4n) is 4.39. The number of para-hydroxylation sites is 1. The van der Waals surface area contributed by atoms with Gasteiger partial charge < -0.3 is 26.6 Å². The summed E-state index contributed by atoms with van der Waals surface area (Å²) in [4.78, 5) is 50.3. The van der Waals surface area contributed by atoms with Crippen LogP contribution in [-0.4, -0.2) is 53.0 Å². The van der Waals surface area contributed by atoms with Gasteiger partial charge in [0.25, 0.3) is 0 Å². The summed E-state index contributed by atoms with van der Waals surface area (Å²) < 4.78 is 15.4. The molecule has 0 saturated carbocycles. The number of nitrogens with zero attached hydrogens (tertiary/aromatic N) is 2. The van der Waals surface area contributed by atoms with Crippen LogP contribution in [0.2, 0.25) is 5.02 Å². The van der Waals surface area contributed by atoms with Crippen LogP contribution in [0.5, 0.6) is 0 Å². The monoisotopic (exact) mass is 514 g/mol. The number of hydrogen-bond acceptors (Lipinski definition) is 4. The average Bonchev–Trinajstić information content (AvgIpc) is 3.46. The van der Waals surface area contributed by atoms with E-state index in [1.807, 2.05) is 0 Å². The Balaban J connectivity index is 1.53. The molecule has 5 amide bonds. The van der Waals surface area contributed by atoms with Crippen molar-refractivity contribution in [3.8, 4) is 0 Å². The summed E-state index contributed by atoms with van der Waals surface area (Å²) in [6.07, 6.45) is 2.27. The SMILES string of the molecule is NC(=O)n1cc(NC(=O)N2C[C@@H](CNC=O)C[C@H]2C(=O)NCc2cccc(Cl)c2F)c2ccccc21. The Bertz CT molecular complexity index is 1330. The molecule has 0 radical (unpaired) electrons. The maximum atomic E-state index is 14.2. The summed E-state index contributed by atoms with van der Waals surface area (Å²) in [5.74, 6) is -1.27. The number of halogens is 2. The van der Waals surface area contributed by atoms with Crippen molar-refractivity contribution in [1.29, 1.82) is 0 Å².